The number of benzene rings is 1. The van der Waals surface area contributed by atoms with Crippen molar-refractivity contribution in [1.29, 1.82) is 0 Å². The maximum Gasteiger partial charge on any atom is 0.288 e. The monoisotopic (exact) mass is 277 g/mol. The molecule has 0 fully saturated rings. The van der Waals surface area contributed by atoms with Crippen LogP contribution in [0.3, 0.4) is 0 Å². The number of nitro groups is 1. The van der Waals surface area contributed by atoms with E-state index in [0.29, 0.717) is 11.3 Å². The summed E-state index contributed by atoms with van der Waals surface area (Å²) in [5.41, 5.74) is 0.369. The van der Waals surface area contributed by atoms with Crippen LogP contribution in [-0.4, -0.2) is 17.4 Å². The van der Waals surface area contributed by atoms with Gasteiger partial charge in [-0.3, -0.25) is 10.1 Å². The highest BCUT2D eigenvalue weighted by atomic mass is 35.5. The number of nitrogens with zero attached hydrogens (tertiary/aromatic N) is 3. The Bertz CT molecular complexity index is 636. The van der Waals surface area contributed by atoms with Crippen molar-refractivity contribution in [2.45, 2.75) is 0 Å². The van der Waals surface area contributed by atoms with Crippen LogP contribution < -0.4 is 0 Å². The lowest BCUT2D eigenvalue weighted by atomic mass is 10.2. The number of furan rings is 1. The normalized spacial score (nSPS) is 11.4. The Labute approximate surface area is 113 Å². The van der Waals surface area contributed by atoms with Crippen molar-refractivity contribution in [2.24, 2.45) is 10.2 Å². The van der Waals surface area contributed by atoms with Crippen LogP contribution in [0, 0.1) is 10.1 Å². The van der Waals surface area contributed by atoms with E-state index in [-0.39, 0.29) is 10.7 Å². The van der Waals surface area contributed by atoms with Crippen molar-refractivity contribution in [3.8, 4) is 0 Å². The number of hydrogen-bond acceptors (Lipinski definition) is 5. The van der Waals surface area contributed by atoms with Gasteiger partial charge in [0.2, 0.25) is 0 Å². The quantitative estimate of drug-likeness (QED) is 0.488. The number of rotatable bonds is 4. The number of hydrogen-bond donors (Lipinski definition) is 0. The summed E-state index contributed by atoms with van der Waals surface area (Å²) in [4.78, 5) is 10.1. The van der Waals surface area contributed by atoms with Crippen molar-refractivity contribution >= 4 is 29.7 Å². The second kappa shape index (κ2) is 5.92. The van der Waals surface area contributed by atoms with Crippen molar-refractivity contribution in [3.05, 3.63) is 63.1 Å². The summed E-state index contributed by atoms with van der Waals surface area (Å²) in [5, 5.41) is 18.3. The molecule has 0 aliphatic heterocycles. The predicted molar refractivity (Wildman–Crippen MR) is 72.0 cm³/mol. The first kappa shape index (κ1) is 13.0. The van der Waals surface area contributed by atoms with E-state index in [9.17, 15) is 10.1 Å². The maximum atomic E-state index is 10.7. The van der Waals surface area contributed by atoms with Crippen LogP contribution in [-0.2, 0) is 0 Å². The Morgan fingerprint density at radius 1 is 1.26 bits per heavy atom. The third-order valence-electron chi connectivity index (χ3n) is 2.17. The molecule has 0 saturated carbocycles. The Kier molecular flexibility index (Phi) is 4.04. The average molecular weight is 278 g/mol. The van der Waals surface area contributed by atoms with E-state index in [1.807, 2.05) is 0 Å². The van der Waals surface area contributed by atoms with E-state index in [4.69, 9.17) is 16.0 Å². The van der Waals surface area contributed by atoms with Crippen molar-refractivity contribution in [2.75, 3.05) is 0 Å². The molecule has 96 valence electrons. The van der Waals surface area contributed by atoms with Gasteiger partial charge in [0, 0.05) is 11.6 Å². The summed E-state index contributed by atoms with van der Waals surface area (Å²) in [6, 6.07) is 7.84. The van der Waals surface area contributed by atoms with Gasteiger partial charge in [-0.1, -0.05) is 17.7 Å². The van der Waals surface area contributed by atoms with E-state index in [0.717, 1.165) is 0 Å². The fourth-order valence-corrected chi connectivity index (χ4v) is 1.49. The smallest absolute Gasteiger partial charge is 0.288 e. The third kappa shape index (κ3) is 3.49. The first-order chi connectivity index (χ1) is 9.16. The van der Waals surface area contributed by atoms with E-state index < -0.39 is 4.92 Å². The SMILES string of the molecule is O=[N+]([O-])c1cc(/C=N/N=C\c2ccco2)ccc1Cl. The minimum atomic E-state index is -0.550. The summed E-state index contributed by atoms with van der Waals surface area (Å²) in [6.07, 6.45) is 4.34. The van der Waals surface area contributed by atoms with Crippen LogP contribution in [0.1, 0.15) is 11.3 Å². The van der Waals surface area contributed by atoms with E-state index >= 15 is 0 Å². The molecule has 2 rings (SSSR count). The van der Waals surface area contributed by atoms with E-state index in [1.54, 1.807) is 18.2 Å². The Morgan fingerprint density at radius 2 is 2.05 bits per heavy atom. The van der Waals surface area contributed by atoms with Gasteiger partial charge < -0.3 is 4.42 Å². The predicted octanol–water partition coefficient (Wildman–Crippen LogP) is 3.29. The minimum absolute atomic E-state index is 0.0845. The second-order valence-electron chi connectivity index (χ2n) is 3.47. The summed E-state index contributed by atoms with van der Waals surface area (Å²) in [5.74, 6) is 0.569. The standard InChI is InChI=1S/C12H8ClN3O3/c13-11-4-3-9(6-12(11)16(17)18)7-14-15-8-10-2-1-5-19-10/h1-8H/b14-7+,15-8-. The molecule has 0 amide bonds. The van der Waals surface area contributed by atoms with Gasteiger partial charge in [-0.05, 0) is 18.2 Å². The van der Waals surface area contributed by atoms with Crippen LogP contribution in [0.2, 0.25) is 5.02 Å². The molecule has 0 bridgehead atoms. The van der Waals surface area contributed by atoms with Crippen LogP contribution >= 0.6 is 11.6 Å². The van der Waals surface area contributed by atoms with Gasteiger partial charge in [0.05, 0.1) is 23.6 Å². The van der Waals surface area contributed by atoms with E-state index in [2.05, 4.69) is 10.2 Å². The highest BCUT2D eigenvalue weighted by Gasteiger charge is 2.11. The molecular formula is C12H8ClN3O3. The van der Waals surface area contributed by atoms with Crippen LogP contribution in [0.4, 0.5) is 5.69 Å². The molecule has 1 aromatic carbocycles. The molecule has 6 nitrogen and oxygen atoms in total. The molecule has 1 heterocycles. The Hall–Kier alpha value is -2.47. The van der Waals surface area contributed by atoms with Crippen LogP contribution in [0.5, 0.6) is 0 Å². The Morgan fingerprint density at radius 3 is 2.74 bits per heavy atom. The van der Waals surface area contributed by atoms with E-state index in [1.165, 1.54) is 30.8 Å². The fraction of sp³-hybridized carbons (Fsp3) is 0. The van der Waals surface area contributed by atoms with Gasteiger partial charge >= 0.3 is 0 Å². The molecule has 1 aromatic heterocycles. The third-order valence-corrected chi connectivity index (χ3v) is 2.49. The highest BCUT2D eigenvalue weighted by Crippen LogP contribution is 2.24. The van der Waals surface area contributed by atoms with Crippen molar-refractivity contribution in [1.82, 2.24) is 0 Å². The van der Waals surface area contributed by atoms with Gasteiger partial charge in [-0.15, -0.1) is 0 Å². The zero-order valence-electron chi connectivity index (χ0n) is 9.56. The van der Waals surface area contributed by atoms with Crippen LogP contribution in [0.25, 0.3) is 0 Å². The lowest BCUT2D eigenvalue weighted by Crippen LogP contribution is -1.91. The summed E-state index contributed by atoms with van der Waals surface area (Å²) >= 11 is 5.69. The van der Waals surface area contributed by atoms with Gasteiger partial charge in [0.15, 0.2) is 0 Å². The zero-order chi connectivity index (χ0) is 13.7. The minimum Gasteiger partial charge on any atom is -0.463 e. The molecule has 0 aliphatic rings. The van der Waals surface area contributed by atoms with Crippen molar-refractivity contribution in [3.63, 3.8) is 0 Å². The highest BCUT2D eigenvalue weighted by molar-refractivity contribution is 6.32. The molecular weight excluding hydrogens is 270 g/mol. The largest absolute Gasteiger partial charge is 0.463 e. The van der Waals surface area contributed by atoms with Gasteiger partial charge in [-0.25, -0.2) is 0 Å². The molecule has 19 heavy (non-hydrogen) atoms. The lowest BCUT2D eigenvalue weighted by molar-refractivity contribution is -0.384. The molecule has 0 aliphatic carbocycles. The maximum absolute atomic E-state index is 10.7. The average Bonchev–Trinajstić information content (AvgIpc) is 2.89. The van der Waals surface area contributed by atoms with Crippen LogP contribution in [0.15, 0.2) is 51.2 Å². The van der Waals surface area contributed by atoms with Gasteiger partial charge in [0.1, 0.15) is 10.8 Å². The number of halogens is 1. The van der Waals surface area contributed by atoms with Gasteiger partial charge in [0.25, 0.3) is 5.69 Å². The summed E-state index contributed by atoms with van der Waals surface area (Å²) in [6.45, 7) is 0. The zero-order valence-corrected chi connectivity index (χ0v) is 10.3. The molecule has 0 atom stereocenters. The Balaban J connectivity index is 2.11. The fourth-order valence-electron chi connectivity index (χ4n) is 1.30. The van der Waals surface area contributed by atoms with Gasteiger partial charge in [-0.2, -0.15) is 10.2 Å². The molecule has 2 aromatic rings. The molecule has 0 saturated heterocycles. The molecule has 0 N–H and O–H groups in total. The number of nitro benzene ring substituents is 1. The lowest BCUT2D eigenvalue weighted by Gasteiger charge is -1.95. The first-order valence-electron chi connectivity index (χ1n) is 5.20. The summed E-state index contributed by atoms with van der Waals surface area (Å²) < 4.78 is 5.02. The summed E-state index contributed by atoms with van der Waals surface area (Å²) in [7, 11) is 0. The molecule has 0 unspecified atom stereocenters. The molecule has 0 radical (unpaired) electrons. The first-order valence-corrected chi connectivity index (χ1v) is 5.58. The topological polar surface area (TPSA) is 81.0 Å². The molecule has 0 spiro atoms. The second-order valence-corrected chi connectivity index (χ2v) is 3.88. The molecule has 7 heteroatoms. The van der Waals surface area contributed by atoms with Crippen molar-refractivity contribution < 1.29 is 9.34 Å².